The molecule has 1 unspecified atom stereocenters. The topological polar surface area (TPSA) is 38.0 Å². The van der Waals surface area contributed by atoms with Gasteiger partial charge in [0.2, 0.25) is 0 Å². The average molecular weight is 262 g/mol. The highest BCUT2D eigenvalue weighted by atomic mass is 15.2. The van der Waals surface area contributed by atoms with Crippen LogP contribution < -0.4 is 11.3 Å². The molecule has 108 valence electrons. The molecule has 0 saturated heterocycles. The number of hydrogen-bond acceptors (Lipinski definition) is 2. The summed E-state index contributed by atoms with van der Waals surface area (Å²) in [4.78, 5) is 0. The molecule has 0 aliphatic carbocycles. The van der Waals surface area contributed by atoms with Crippen molar-refractivity contribution < 1.29 is 0 Å². The summed E-state index contributed by atoms with van der Waals surface area (Å²) in [5, 5.41) is 0. The molecule has 0 spiro atoms. The van der Waals surface area contributed by atoms with E-state index in [1.165, 1.54) is 24.0 Å². The lowest BCUT2D eigenvalue weighted by molar-refractivity contribution is 0.370. The maximum Gasteiger partial charge on any atom is 0.0465 e. The molecule has 0 bridgehead atoms. The zero-order chi connectivity index (χ0) is 14.5. The lowest BCUT2D eigenvalue weighted by Crippen LogP contribution is -2.31. The highest BCUT2D eigenvalue weighted by Gasteiger charge is 2.23. The van der Waals surface area contributed by atoms with E-state index < -0.39 is 0 Å². The monoisotopic (exact) mass is 262 g/mol. The maximum absolute atomic E-state index is 5.82. The number of hydrogen-bond donors (Lipinski definition) is 2. The first-order valence-electron chi connectivity index (χ1n) is 7.49. The number of benzene rings is 1. The Bertz CT molecular complexity index is 375. The van der Waals surface area contributed by atoms with Crippen LogP contribution in [0.3, 0.4) is 0 Å². The summed E-state index contributed by atoms with van der Waals surface area (Å²) in [5.74, 6) is 6.56. The van der Waals surface area contributed by atoms with Crippen LogP contribution in [0.5, 0.6) is 0 Å². The Morgan fingerprint density at radius 1 is 1.11 bits per heavy atom. The van der Waals surface area contributed by atoms with Crippen LogP contribution in [0.4, 0.5) is 0 Å². The van der Waals surface area contributed by atoms with E-state index in [2.05, 4.69) is 64.3 Å². The summed E-state index contributed by atoms with van der Waals surface area (Å²) in [5.41, 5.74) is 5.93. The lowest BCUT2D eigenvalue weighted by Gasteiger charge is -2.29. The highest BCUT2D eigenvalue weighted by molar-refractivity contribution is 5.35. The molecule has 0 aliphatic rings. The van der Waals surface area contributed by atoms with E-state index >= 15 is 0 Å². The van der Waals surface area contributed by atoms with Crippen molar-refractivity contribution in [1.82, 2.24) is 5.43 Å². The Morgan fingerprint density at radius 3 is 2.16 bits per heavy atom. The molecule has 1 atom stereocenters. The van der Waals surface area contributed by atoms with Gasteiger partial charge in [0, 0.05) is 6.04 Å². The summed E-state index contributed by atoms with van der Waals surface area (Å²) in [6, 6.07) is 8.93. The molecule has 19 heavy (non-hydrogen) atoms. The van der Waals surface area contributed by atoms with Crippen molar-refractivity contribution in [1.29, 1.82) is 0 Å². The molecular formula is C17H30N2. The van der Waals surface area contributed by atoms with E-state index in [9.17, 15) is 0 Å². The predicted molar refractivity (Wildman–Crippen MR) is 83.9 cm³/mol. The van der Waals surface area contributed by atoms with Crippen molar-refractivity contribution in [3.63, 3.8) is 0 Å². The molecule has 0 fully saturated rings. The highest BCUT2D eigenvalue weighted by Crippen LogP contribution is 2.33. The van der Waals surface area contributed by atoms with Crippen molar-refractivity contribution >= 4 is 0 Å². The summed E-state index contributed by atoms with van der Waals surface area (Å²) < 4.78 is 0. The van der Waals surface area contributed by atoms with E-state index in [0.29, 0.717) is 0 Å². The van der Waals surface area contributed by atoms with Gasteiger partial charge >= 0.3 is 0 Å². The molecule has 3 N–H and O–H groups in total. The maximum atomic E-state index is 5.82. The first-order chi connectivity index (χ1) is 8.93. The van der Waals surface area contributed by atoms with Gasteiger partial charge in [0.1, 0.15) is 0 Å². The molecule has 0 aromatic heterocycles. The van der Waals surface area contributed by atoms with Gasteiger partial charge in [-0.15, -0.1) is 0 Å². The van der Waals surface area contributed by atoms with Gasteiger partial charge in [0.15, 0.2) is 0 Å². The van der Waals surface area contributed by atoms with E-state index in [0.717, 1.165) is 12.3 Å². The average Bonchev–Trinajstić information content (AvgIpc) is 2.39. The minimum absolute atomic E-state index is 0.152. The van der Waals surface area contributed by atoms with Crippen LogP contribution in [0.15, 0.2) is 24.3 Å². The smallest absolute Gasteiger partial charge is 0.0465 e. The Labute approximate surface area is 118 Å². The van der Waals surface area contributed by atoms with Crippen LogP contribution in [-0.2, 0) is 5.41 Å². The minimum Gasteiger partial charge on any atom is -0.271 e. The molecule has 0 amide bonds. The summed E-state index contributed by atoms with van der Waals surface area (Å²) in [7, 11) is 0. The standard InChI is InChI=1S/C17H30N2/c1-6-13(7-2)12-16(19-18)14-10-8-9-11-15(14)17(3,4)5/h8-11,13,16,19H,6-7,12,18H2,1-5H3. The van der Waals surface area contributed by atoms with Gasteiger partial charge in [-0.05, 0) is 28.9 Å². The van der Waals surface area contributed by atoms with E-state index in [1.807, 2.05) is 0 Å². The molecule has 0 heterocycles. The van der Waals surface area contributed by atoms with Crippen LogP contribution in [0.25, 0.3) is 0 Å². The van der Waals surface area contributed by atoms with Gasteiger partial charge in [0.25, 0.3) is 0 Å². The second-order valence-corrected chi connectivity index (χ2v) is 6.47. The molecular weight excluding hydrogens is 232 g/mol. The van der Waals surface area contributed by atoms with Gasteiger partial charge in [-0.3, -0.25) is 11.3 Å². The summed E-state index contributed by atoms with van der Waals surface area (Å²) in [6.07, 6.45) is 3.54. The Balaban J connectivity index is 3.05. The van der Waals surface area contributed by atoms with Crippen LogP contribution in [-0.4, -0.2) is 0 Å². The van der Waals surface area contributed by atoms with Crippen LogP contribution >= 0.6 is 0 Å². The molecule has 1 aromatic rings. The van der Waals surface area contributed by atoms with Gasteiger partial charge in [-0.1, -0.05) is 71.7 Å². The van der Waals surface area contributed by atoms with Crippen molar-refractivity contribution in [2.75, 3.05) is 0 Å². The SMILES string of the molecule is CCC(CC)CC(NN)c1ccccc1C(C)(C)C. The van der Waals surface area contributed by atoms with Gasteiger partial charge < -0.3 is 0 Å². The Hall–Kier alpha value is -0.860. The van der Waals surface area contributed by atoms with Crippen LogP contribution in [0.1, 0.15) is 71.0 Å². The third-order valence-corrected chi connectivity index (χ3v) is 4.07. The third-order valence-electron chi connectivity index (χ3n) is 4.07. The van der Waals surface area contributed by atoms with E-state index in [1.54, 1.807) is 0 Å². The molecule has 2 nitrogen and oxygen atoms in total. The van der Waals surface area contributed by atoms with Crippen LogP contribution in [0.2, 0.25) is 0 Å². The molecule has 2 heteroatoms. The van der Waals surface area contributed by atoms with E-state index in [4.69, 9.17) is 5.84 Å². The molecule has 1 rings (SSSR count). The first kappa shape index (κ1) is 16.2. The van der Waals surface area contributed by atoms with Crippen molar-refractivity contribution in [3.8, 4) is 0 Å². The zero-order valence-electron chi connectivity index (χ0n) is 13.2. The largest absolute Gasteiger partial charge is 0.271 e. The molecule has 0 radical (unpaired) electrons. The molecule has 0 aliphatic heterocycles. The molecule has 1 aromatic carbocycles. The van der Waals surface area contributed by atoms with Gasteiger partial charge in [-0.2, -0.15) is 0 Å². The van der Waals surface area contributed by atoms with Crippen LogP contribution in [0, 0.1) is 5.92 Å². The number of hydrazine groups is 1. The van der Waals surface area contributed by atoms with Crippen molar-refractivity contribution in [3.05, 3.63) is 35.4 Å². The fourth-order valence-electron chi connectivity index (χ4n) is 2.72. The fourth-order valence-corrected chi connectivity index (χ4v) is 2.72. The lowest BCUT2D eigenvalue weighted by atomic mass is 9.80. The second kappa shape index (κ2) is 7.06. The quantitative estimate of drug-likeness (QED) is 0.592. The third kappa shape index (κ3) is 4.32. The van der Waals surface area contributed by atoms with Crippen molar-refractivity contribution in [2.45, 2.75) is 65.3 Å². The summed E-state index contributed by atoms with van der Waals surface area (Å²) >= 11 is 0. The Morgan fingerprint density at radius 2 is 1.68 bits per heavy atom. The zero-order valence-corrected chi connectivity index (χ0v) is 13.2. The fraction of sp³-hybridized carbons (Fsp3) is 0.647. The first-order valence-corrected chi connectivity index (χ1v) is 7.49. The Kier molecular flexibility index (Phi) is 6.02. The number of nitrogens with one attached hydrogen (secondary N) is 1. The van der Waals surface area contributed by atoms with Gasteiger partial charge in [0.05, 0.1) is 0 Å². The van der Waals surface area contributed by atoms with E-state index in [-0.39, 0.29) is 11.5 Å². The number of nitrogens with two attached hydrogens (primary N) is 1. The van der Waals surface area contributed by atoms with Gasteiger partial charge in [-0.25, -0.2) is 0 Å². The van der Waals surface area contributed by atoms with Crippen molar-refractivity contribution in [2.24, 2.45) is 11.8 Å². The second-order valence-electron chi connectivity index (χ2n) is 6.47. The number of rotatable bonds is 6. The molecule has 0 saturated carbocycles. The predicted octanol–water partition coefficient (Wildman–Crippen LogP) is 4.31. The minimum atomic E-state index is 0.152. The summed E-state index contributed by atoms with van der Waals surface area (Å²) in [6.45, 7) is 11.3. The normalized spacial score (nSPS) is 13.8.